The molecule has 0 spiro atoms. The number of carbonyl (C=O) groups excluding carboxylic acids is 2. The molecule has 1 aromatic heterocycles. The van der Waals surface area contributed by atoms with Crippen molar-refractivity contribution in [2.45, 2.75) is 6.54 Å². The number of nitrogens with zero attached hydrogens (tertiary/aromatic N) is 2. The van der Waals surface area contributed by atoms with Crippen LogP contribution in [0.5, 0.6) is 0 Å². The molecule has 1 heterocycles. The molecule has 0 atom stereocenters. The molecule has 0 bridgehead atoms. The minimum Gasteiger partial charge on any atom is -0.468 e. The van der Waals surface area contributed by atoms with Crippen LogP contribution in [0.4, 0.5) is 0 Å². The van der Waals surface area contributed by atoms with E-state index < -0.39 is 0 Å². The molecule has 0 fully saturated rings. The lowest BCUT2D eigenvalue weighted by atomic mass is 10.2. The summed E-state index contributed by atoms with van der Waals surface area (Å²) in [4.78, 5) is 23.8. The molecule has 3 rings (SSSR count). The van der Waals surface area contributed by atoms with Crippen molar-refractivity contribution in [2.75, 3.05) is 7.11 Å². The first-order valence-electron chi connectivity index (χ1n) is 7.83. The van der Waals surface area contributed by atoms with E-state index in [4.69, 9.17) is 4.74 Å². The number of hydrogen-bond donors (Lipinski definition) is 1. The number of benzene rings is 2. The van der Waals surface area contributed by atoms with Crippen LogP contribution in [-0.2, 0) is 16.1 Å². The van der Waals surface area contributed by atoms with Crippen LogP contribution < -0.4 is 5.43 Å². The Balaban J connectivity index is 1.82. The third-order valence-electron chi connectivity index (χ3n) is 3.83. The van der Waals surface area contributed by atoms with Gasteiger partial charge in [0.05, 0.1) is 18.9 Å². The molecule has 2 aromatic carbocycles. The lowest BCUT2D eigenvalue weighted by molar-refractivity contribution is -0.141. The average Bonchev–Trinajstić information content (AvgIpc) is 2.99. The molecule has 0 aliphatic carbocycles. The number of amides is 1. The Morgan fingerprint density at radius 3 is 2.69 bits per heavy atom. The summed E-state index contributed by atoms with van der Waals surface area (Å²) >= 11 is 3.34. The largest absolute Gasteiger partial charge is 0.468 e. The Bertz CT molecular complexity index is 995. The number of rotatable bonds is 5. The topological polar surface area (TPSA) is 72.7 Å². The van der Waals surface area contributed by atoms with Crippen molar-refractivity contribution in [3.63, 3.8) is 0 Å². The minimum absolute atomic E-state index is 0.105. The van der Waals surface area contributed by atoms with Crippen molar-refractivity contribution >= 4 is 44.9 Å². The molecule has 1 N–H and O–H groups in total. The van der Waals surface area contributed by atoms with E-state index in [1.54, 1.807) is 35.2 Å². The van der Waals surface area contributed by atoms with Gasteiger partial charge in [-0.1, -0.05) is 30.3 Å². The SMILES string of the molecule is COC(=O)Cn1cc(/C=N/NC(=O)c2ccccc2Br)c2ccccc21. The third-order valence-corrected chi connectivity index (χ3v) is 4.53. The fourth-order valence-electron chi connectivity index (χ4n) is 2.58. The van der Waals surface area contributed by atoms with Crippen molar-refractivity contribution in [3.8, 4) is 0 Å². The molecule has 1 amide bonds. The van der Waals surface area contributed by atoms with Gasteiger partial charge < -0.3 is 9.30 Å². The number of esters is 1. The second-order valence-corrected chi connectivity index (χ2v) is 6.34. The first-order valence-corrected chi connectivity index (χ1v) is 8.62. The summed E-state index contributed by atoms with van der Waals surface area (Å²) in [5.74, 6) is -0.650. The van der Waals surface area contributed by atoms with Crippen LogP contribution in [0.3, 0.4) is 0 Å². The monoisotopic (exact) mass is 413 g/mol. The molecule has 3 aromatic rings. The highest BCUT2D eigenvalue weighted by molar-refractivity contribution is 9.10. The van der Waals surface area contributed by atoms with Crippen LogP contribution in [-0.4, -0.2) is 29.8 Å². The van der Waals surface area contributed by atoms with Gasteiger partial charge in [0.25, 0.3) is 5.91 Å². The second kappa shape index (κ2) is 7.97. The maximum Gasteiger partial charge on any atom is 0.325 e. The molecule has 26 heavy (non-hydrogen) atoms. The summed E-state index contributed by atoms with van der Waals surface area (Å²) in [6.07, 6.45) is 3.36. The number of hydrazone groups is 1. The molecule has 7 heteroatoms. The first kappa shape index (κ1) is 17.9. The van der Waals surface area contributed by atoms with Gasteiger partial charge in [-0.3, -0.25) is 9.59 Å². The summed E-state index contributed by atoms with van der Waals surface area (Å²) in [5, 5.41) is 4.97. The van der Waals surface area contributed by atoms with Crippen molar-refractivity contribution in [1.82, 2.24) is 9.99 Å². The Morgan fingerprint density at radius 1 is 1.19 bits per heavy atom. The van der Waals surface area contributed by atoms with Gasteiger partial charge in [-0.25, -0.2) is 5.43 Å². The summed E-state index contributed by atoms with van der Waals surface area (Å²) in [6, 6.07) is 14.8. The number of ether oxygens (including phenoxy) is 1. The summed E-state index contributed by atoms with van der Waals surface area (Å²) < 4.78 is 7.22. The summed E-state index contributed by atoms with van der Waals surface area (Å²) in [7, 11) is 1.35. The van der Waals surface area contributed by atoms with Crippen molar-refractivity contribution in [2.24, 2.45) is 5.10 Å². The highest BCUT2D eigenvalue weighted by Gasteiger charge is 2.11. The predicted molar refractivity (Wildman–Crippen MR) is 103 cm³/mol. The fraction of sp³-hybridized carbons (Fsp3) is 0.105. The van der Waals surface area contributed by atoms with E-state index in [-0.39, 0.29) is 18.4 Å². The van der Waals surface area contributed by atoms with Gasteiger partial charge >= 0.3 is 5.97 Å². The van der Waals surface area contributed by atoms with Crippen molar-refractivity contribution in [3.05, 3.63) is 70.3 Å². The number of para-hydroxylation sites is 1. The van der Waals surface area contributed by atoms with Crippen LogP contribution in [0.15, 0.2) is 64.3 Å². The Morgan fingerprint density at radius 2 is 1.92 bits per heavy atom. The standard InChI is InChI=1S/C19H16BrN3O3/c1-26-18(24)12-23-11-13(14-6-3-5-9-17(14)23)10-21-22-19(25)15-7-2-4-8-16(15)20/h2-11H,12H2,1H3,(H,22,25)/b21-10+. The number of methoxy groups -OCH3 is 1. The van der Waals surface area contributed by atoms with Gasteiger partial charge in [0, 0.05) is 27.1 Å². The lowest BCUT2D eigenvalue weighted by Crippen LogP contribution is -2.18. The molecule has 6 nitrogen and oxygen atoms in total. The van der Waals surface area contributed by atoms with E-state index in [0.717, 1.165) is 16.5 Å². The average molecular weight is 414 g/mol. The molecule has 0 saturated carbocycles. The van der Waals surface area contributed by atoms with Crippen LogP contribution in [0, 0.1) is 0 Å². The van der Waals surface area contributed by atoms with Gasteiger partial charge in [0.1, 0.15) is 6.54 Å². The van der Waals surface area contributed by atoms with Crippen LogP contribution in [0.1, 0.15) is 15.9 Å². The van der Waals surface area contributed by atoms with Gasteiger partial charge in [0.2, 0.25) is 0 Å². The second-order valence-electron chi connectivity index (χ2n) is 5.48. The highest BCUT2D eigenvalue weighted by atomic mass is 79.9. The van der Waals surface area contributed by atoms with E-state index in [9.17, 15) is 9.59 Å². The van der Waals surface area contributed by atoms with E-state index in [1.807, 2.05) is 30.3 Å². The normalized spacial score (nSPS) is 11.0. The van der Waals surface area contributed by atoms with Crippen molar-refractivity contribution in [1.29, 1.82) is 0 Å². The van der Waals surface area contributed by atoms with E-state index in [2.05, 4.69) is 26.5 Å². The third kappa shape index (κ3) is 3.83. The zero-order valence-electron chi connectivity index (χ0n) is 14.0. The molecule has 0 saturated heterocycles. The van der Waals surface area contributed by atoms with E-state index in [0.29, 0.717) is 10.0 Å². The summed E-state index contributed by atoms with van der Waals surface area (Å²) in [5.41, 5.74) is 4.69. The van der Waals surface area contributed by atoms with E-state index >= 15 is 0 Å². The first-order chi connectivity index (χ1) is 12.6. The van der Waals surface area contributed by atoms with Crippen LogP contribution >= 0.6 is 15.9 Å². The zero-order valence-corrected chi connectivity index (χ0v) is 15.6. The maximum absolute atomic E-state index is 12.2. The number of carbonyl (C=O) groups is 2. The number of fused-ring (bicyclic) bond motifs is 1. The zero-order chi connectivity index (χ0) is 18.5. The Kier molecular flexibility index (Phi) is 5.48. The Hall–Kier alpha value is -2.93. The highest BCUT2D eigenvalue weighted by Crippen LogP contribution is 2.20. The molecule has 0 aliphatic rings. The number of halogens is 1. The minimum atomic E-state index is -0.337. The molecule has 0 radical (unpaired) electrons. The van der Waals surface area contributed by atoms with Crippen LogP contribution in [0.2, 0.25) is 0 Å². The molecule has 132 valence electrons. The number of aromatic nitrogens is 1. The summed E-state index contributed by atoms with van der Waals surface area (Å²) in [6.45, 7) is 0.105. The quantitative estimate of drug-likeness (QED) is 0.396. The number of nitrogens with one attached hydrogen (secondary N) is 1. The van der Waals surface area contributed by atoms with Gasteiger partial charge in [0.15, 0.2) is 0 Å². The van der Waals surface area contributed by atoms with Crippen molar-refractivity contribution < 1.29 is 14.3 Å². The molecule has 0 aliphatic heterocycles. The van der Waals surface area contributed by atoms with Gasteiger partial charge in [-0.2, -0.15) is 5.10 Å². The van der Waals surface area contributed by atoms with E-state index in [1.165, 1.54) is 7.11 Å². The molecular weight excluding hydrogens is 398 g/mol. The number of hydrogen-bond acceptors (Lipinski definition) is 4. The molecule has 0 unspecified atom stereocenters. The Labute approximate surface area is 158 Å². The van der Waals surface area contributed by atoms with Gasteiger partial charge in [-0.15, -0.1) is 0 Å². The molecular formula is C19H16BrN3O3. The smallest absolute Gasteiger partial charge is 0.325 e. The van der Waals surface area contributed by atoms with Crippen LogP contribution in [0.25, 0.3) is 10.9 Å². The predicted octanol–water partition coefficient (Wildman–Crippen LogP) is 3.34. The van der Waals surface area contributed by atoms with Gasteiger partial charge in [-0.05, 0) is 34.1 Å². The maximum atomic E-state index is 12.2. The fourth-order valence-corrected chi connectivity index (χ4v) is 3.04. The lowest BCUT2D eigenvalue weighted by Gasteiger charge is -2.02.